The summed E-state index contributed by atoms with van der Waals surface area (Å²) in [6, 6.07) is 22.8. The van der Waals surface area contributed by atoms with Crippen LogP contribution in [-0.4, -0.2) is 29.1 Å². The maximum absolute atomic E-state index is 13.6. The number of ether oxygens (including phenoxy) is 1. The van der Waals surface area contributed by atoms with E-state index in [1.807, 2.05) is 68.4 Å². The van der Waals surface area contributed by atoms with E-state index in [-0.39, 0.29) is 11.5 Å². The first kappa shape index (κ1) is 24.5. The van der Waals surface area contributed by atoms with Crippen LogP contribution < -0.4 is 15.6 Å². The van der Waals surface area contributed by atoms with Gasteiger partial charge in [0.05, 0.1) is 24.6 Å². The summed E-state index contributed by atoms with van der Waals surface area (Å²) >= 11 is 1.49. The quantitative estimate of drug-likeness (QED) is 0.262. The smallest absolute Gasteiger partial charge is 0.262 e. The highest BCUT2D eigenvalue weighted by Gasteiger charge is 2.15. The molecule has 0 unspecified atom stereocenters. The molecule has 6 nitrogen and oxygen atoms in total. The Morgan fingerprint density at radius 3 is 2.54 bits per heavy atom. The molecule has 1 N–H and O–H groups in total. The fourth-order valence-electron chi connectivity index (χ4n) is 3.67. The van der Waals surface area contributed by atoms with E-state index in [4.69, 9.17) is 9.72 Å². The summed E-state index contributed by atoms with van der Waals surface area (Å²) in [5, 5.41) is 4.02. The number of amides is 1. The van der Waals surface area contributed by atoms with Crippen LogP contribution in [0.5, 0.6) is 5.75 Å². The minimum atomic E-state index is -0.165. The van der Waals surface area contributed by atoms with Gasteiger partial charge in [0.15, 0.2) is 5.16 Å². The number of hydrogen-bond acceptors (Lipinski definition) is 5. The van der Waals surface area contributed by atoms with Crippen LogP contribution in [0.15, 0.2) is 82.7 Å². The zero-order chi connectivity index (χ0) is 24.8. The number of thioether (sulfide) groups is 1. The lowest BCUT2D eigenvalue weighted by molar-refractivity contribution is 0.0949. The largest absolute Gasteiger partial charge is 0.497 e. The molecule has 4 aromatic rings. The van der Waals surface area contributed by atoms with Crippen molar-refractivity contribution in [1.82, 2.24) is 14.9 Å². The first-order valence-corrected chi connectivity index (χ1v) is 12.6. The molecule has 0 aliphatic rings. The summed E-state index contributed by atoms with van der Waals surface area (Å²) in [5.74, 6) is 1.59. The van der Waals surface area contributed by atoms with E-state index in [0.29, 0.717) is 46.4 Å². The molecule has 4 rings (SSSR count). The van der Waals surface area contributed by atoms with Gasteiger partial charge in [0.2, 0.25) is 0 Å². The second-order valence-corrected chi connectivity index (χ2v) is 9.69. The van der Waals surface area contributed by atoms with Gasteiger partial charge >= 0.3 is 0 Å². The maximum Gasteiger partial charge on any atom is 0.262 e. The van der Waals surface area contributed by atoms with Crippen LogP contribution in [0.2, 0.25) is 0 Å². The molecule has 0 atom stereocenters. The number of benzene rings is 3. The molecule has 1 aromatic heterocycles. The molecule has 7 heteroatoms. The van der Waals surface area contributed by atoms with Crippen molar-refractivity contribution in [3.05, 3.63) is 99.8 Å². The first-order valence-electron chi connectivity index (χ1n) is 11.6. The second kappa shape index (κ2) is 11.2. The van der Waals surface area contributed by atoms with Crippen LogP contribution >= 0.6 is 11.8 Å². The number of hydrogen-bond donors (Lipinski definition) is 1. The monoisotopic (exact) mass is 487 g/mol. The van der Waals surface area contributed by atoms with Crippen LogP contribution in [0.3, 0.4) is 0 Å². The highest BCUT2D eigenvalue weighted by molar-refractivity contribution is 7.98. The molecule has 0 saturated heterocycles. The van der Waals surface area contributed by atoms with E-state index in [1.54, 1.807) is 29.9 Å². The normalized spacial score (nSPS) is 11.1. The number of nitrogens with one attached hydrogen (secondary N) is 1. The number of rotatable bonds is 9. The Hall–Kier alpha value is -3.58. The SMILES string of the molecule is COc1cccc(CSc2nc3cc(C(=O)NCC(C)C)ccc3c(=O)n2Cc2ccccc2)c1. The Morgan fingerprint density at radius 2 is 1.80 bits per heavy atom. The number of carbonyl (C=O) groups excluding carboxylic acids is 1. The van der Waals surface area contributed by atoms with Crippen molar-refractivity contribution >= 4 is 28.6 Å². The van der Waals surface area contributed by atoms with Gasteiger partial charge in [0.1, 0.15) is 5.75 Å². The zero-order valence-corrected chi connectivity index (χ0v) is 21.0. The Balaban J connectivity index is 1.72. The molecular weight excluding hydrogens is 458 g/mol. The van der Waals surface area contributed by atoms with Crippen molar-refractivity contribution in [2.75, 3.05) is 13.7 Å². The minimum absolute atomic E-state index is 0.124. The zero-order valence-electron chi connectivity index (χ0n) is 20.2. The Labute approximate surface area is 209 Å². The topological polar surface area (TPSA) is 73.2 Å². The third kappa shape index (κ3) is 6.11. The molecular formula is C28H29N3O3S. The van der Waals surface area contributed by atoms with Crippen molar-refractivity contribution in [2.45, 2.75) is 31.3 Å². The summed E-state index contributed by atoms with van der Waals surface area (Å²) in [5.41, 5.74) is 2.97. The highest BCUT2D eigenvalue weighted by atomic mass is 32.2. The molecule has 180 valence electrons. The number of fused-ring (bicyclic) bond motifs is 1. The van der Waals surface area contributed by atoms with Crippen molar-refractivity contribution in [3.63, 3.8) is 0 Å². The summed E-state index contributed by atoms with van der Waals surface area (Å²) in [6.45, 7) is 5.09. The van der Waals surface area contributed by atoms with Crippen molar-refractivity contribution < 1.29 is 9.53 Å². The molecule has 0 saturated carbocycles. The van der Waals surface area contributed by atoms with Gasteiger partial charge in [0.25, 0.3) is 11.5 Å². The van der Waals surface area contributed by atoms with Gasteiger partial charge in [-0.15, -0.1) is 0 Å². The number of aromatic nitrogens is 2. The molecule has 0 fully saturated rings. The minimum Gasteiger partial charge on any atom is -0.497 e. The molecule has 0 aliphatic carbocycles. The average molecular weight is 488 g/mol. The lowest BCUT2D eigenvalue weighted by Crippen LogP contribution is -2.28. The molecule has 0 spiro atoms. The third-order valence-corrected chi connectivity index (χ3v) is 6.59. The van der Waals surface area contributed by atoms with E-state index in [9.17, 15) is 9.59 Å². The van der Waals surface area contributed by atoms with Gasteiger partial charge in [0, 0.05) is 17.9 Å². The molecule has 0 aliphatic heterocycles. The first-order chi connectivity index (χ1) is 16.9. The van der Waals surface area contributed by atoms with Crippen LogP contribution in [0.1, 0.15) is 35.3 Å². The van der Waals surface area contributed by atoms with E-state index in [2.05, 4.69) is 5.32 Å². The molecule has 35 heavy (non-hydrogen) atoms. The van der Waals surface area contributed by atoms with Gasteiger partial charge in [-0.2, -0.15) is 0 Å². The number of carbonyl (C=O) groups is 1. The van der Waals surface area contributed by atoms with E-state index in [0.717, 1.165) is 16.9 Å². The summed E-state index contributed by atoms with van der Waals surface area (Å²) in [6.07, 6.45) is 0. The fourth-order valence-corrected chi connectivity index (χ4v) is 4.61. The number of methoxy groups -OCH3 is 1. The van der Waals surface area contributed by atoms with Crippen LogP contribution in [0.25, 0.3) is 10.9 Å². The molecule has 1 amide bonds. The van der Waals surface area contributed by atoms with Gasteiger partial charge in [-0.05, 0) is 47.4 Å². The van der Waals surface area contributed by atoms with Crippen molar-refractivity contribution in [2.24, 2.45) is 5.92 Å². The average Bonchev–Trinajstić information content (AvgIpc) is 2.88. The molecule has 0 bridgehead atoms. The van der Waals surface area contributed by atoms with Gasteiger partial charge in [-0.1, -0.05) is 68.1 Å². The molecule has 3 aromatic carbocycles. The summed E-state index contributed by atoms with van der Waals surface area (Å²) in [7, 11) is 1.64. The predicted octanol–water partition coefficient (Wildman–Crippen LogP) is 5.13. The van der Waals surface area contributed by atoms with E-state index in [1.165, 1.54) is 11.8 Å². The summed E-state index contributed by atoms with van der Waals surface area (Å²) in [4.78, 5) is 31.0. The Morgan fingerprint density at radius 1 is 1.03 bits per heavy atom. The lowest BCUT2D eigenvalue weighted by atomic mass is 10.1. The Kier molecular flexibility index (Phi) is 7.87. The standard InChI is InChI=1S/C28H29N3O3S/c1-19(2)16-29-26(32)22-12-13-24-25(15-22)30-28(35-18-21-10-7-11-23(14-21)34-3)31(27(24)33)17-20-8-5-4-6-9-20/h4-15,19H,16-18H2,1-3H3,(H,29,32). The van der Waals surface area contributed by atoms with Gasteiger partial charge in [-0.3, -0.25) is 14.2 Å². The van der Waals surface area contributed by atoms with Crippen molar-refractivity contribution in [1.29, 1.82) is 0 Å². The third-order valence-electron chi connectivity index (χ3n) is 5.54. The van der Waals surface area contributed by atoms with E-state index >= 15 is 0 Å². The highest BCUT2D eigenvalue weighted by Crippen LogP contribution is 2.25. The van der Waals surface area contributed by atoms with Gasteiger partial charge in [-0.25, -0.2) is 4.98 Å². The maximum atomic E-state index is 13.6. The summed E-state index contributed by atoms with van der Waals surface area (Å²) < 4.78 is 7.05. The predicted molar refractivity (Wildman–Crippen MR) is 141 cm³/mol. The van der Waals surface area contributed by atoms with Crippen LogP contribution in [0.4, 0.5) is 0 Å². The Bertz CT molecular complexity index is 1380. The van der Waals surface area contributed by atoms with Crippen LogP contribution in [0, 0.1) is 5.92 Å². The van der Waals surface area contributed by atoms with Gasteiger partial charge < -0.3 is 10.1 Å². The van der Waals surface area contributed by atoms with E-state index < -0.39 is 0 Å². The molecule has 0 radical (unpaired) electrons. The van der Waals surface area contributed by atoms with Crippen molar-refractivity contribution in [3.8, 4) is 5.75 Å². The van der Waals surface area contributed by atoms with Crippen LogP contribution in [-0.2, 0) is 12.3 Å². The second-order valence-electron chi connectivity index (χ2n) is 8.75. The lowest BCUT2D eigenvalue weighted by Gasteiger charge is -2.14. The molecule has 1 heterocycles. The number of nitrogens with zero attached hydrogens (tertiary/aromatic N) is 2. The fraction of sp³-hybridized carbons (Fsp3) is 0.250.